The van der Waals surface area contributed by atoms with E-state index in [-0.39, 0.29) is 11.7 Å². The summed E-state index contributed by atoms with van der Waals surface area (Å²) >= 11 is 12.7. The van der Waals surface area contributed by atoms with Crippen LogP contribution >= 0.6 is 43.5 Å². The van der Waals surface area contributed by atoms with Gasteiger partial charge in [-0.3, -0.25) is 4.57 Å². The monoisotopic (exact) mass is 430 g/mol. The molecule has 108 valence electrons. The van der Waals surface area contributed by atoms with Gasteiger partial charge in [-0.25, -0.2) is 9.37 Å². The molecule has 0 spiro atoms. The molecule has 0 saturated carbocycles. The molecular formula is C15H10Br2ClFN2. The number of imidazole rings is 1. The van der Waals surface area contributed by atoms with E-state index in [9.17, 15) is 4.39 Å². The highest BCUT2D eigenvalue weighted by atomic mass is 79.9. The fraction of sp³-hybridized carbons (Fsp3) is 0.133. The normalized spacial score (nSPS) is 11.3. The zero-order valence-corrected chi connectivity index (χ0v) is 14.9. The summed E-state index contributed by atoms with van der Waals surface area (Å²) in [6.45, 7) is 2.02. The summed E-state index contributed by atoms with van der Waals surface area (Å²) in [5.41, 5.74) is 3.47. The van der Waals surface area contributed by atoms with Gasteiger partial charge in [-0.05, 0) is 52.7 Å². The minimum Gasteiger partial charge on any atom is -0.295 e. The highest BCUT2D eigenvalue weighted by molar-refractivity contribution is 9.10. The van der Waals surface area contributed by atoms with E-state index in [2.05, 4.69) is 36.8 Å². The fourth-order valence-electron chi connectivity index (χ4n) is 2.27. The predicted molar refractivity (Wildman–Crippen MR) is 90.7 cm³/mol. The molecule has 0 unspecified atom stereocenters. The molecule has 0 saturated heterocycles. The molecule has 1 heterocycles. The van der Waals surface area contributed by atoms with Crippen LogP contribution in [0.5, 0.6) is 0 Å². The van der Waals surface area contributed by atoms with Gasteiger partial charge in [0, 0.05) is 16.2 Å². The molecule has 0 bridgehead atoms. The lowest BCUT2D eigenvalue weighted by atomic mass is 10.2. The van der Waals surface area contributed by atoms with Gasteiger partial charge < -0.3 is 0 Å². The average Bonchev–Trinajstić information content (AvgIpc) is 2.80. The SMILES string of the molecule is Cc1cc(-n2c(CCl)nc3cc(F)c(Br)cc32)ccc1Br. The number of benzene rings is 2. The first-order chi connectivity index (χ1) is 10.0. The first-order valence-electron chi connectivity index (χ1n) is 6.20. The van der Waals surface area contributed by atoms with Gasteiger partial charge in [-0.2, -0.15) is 0 Å². The van der Waals surface area contributed by atoms with Gasteiger partial charge in [0.25, 0.3) is 0 Å². The molecule has 0 aliphatic heterocycles. The van der Waals surface area contributed by atoms with Crippen LogP contribution in [0.4, 0.5) is 4.39 Å². The van der Waals surface area contributed by atoms with Crippen molar-refractivity contribution in [3.63, 3.8) is 0 Å². The van der Waals surface area contributed by atoms with Crippen LogP contribution in [-0.2, 0) is 5.88 Å². The van der Waals surface area contributed by atoms with Gasteiger partial charge in [-0.1, -0.05) is 15.9 Å². The minimum absolute atomic E-state index is 0.253. The van der Waals surface area contributed by atoms with Crippen molar-refractivity contribution >= 4 is 54.5 Å². The van der Waals surface area contributed by atoms with E-state index in [1.165, 1.54) is 6.07 Å². The Morgan fingerprint density at radius 1 is 1.19 bits per heavy atom. The summed E-state index contributed by atoms with van der Waals surface area (Å²) in [5.74, 6) is 0.606. The number of hydrogen-bond acceptors (Lipinski definition) is 1. The number of fused-ring (bicyclic) bond motifs is 1. The molecule has 6 heteroatoms. The van der Waals surface area contributed by atoms with Gasteiger partial charge >= 0.3 is 0 Å². The second kappa shape index (κ2) is 5.71. The molecule has 3 aromatic rings. The van der Waals surface area contributed by atoms with E-state index in [1.807, 2.05) is 29.7 Å². The summed E-state index contributed by atoms with van der Waals surface area (Å²) in [6.07, 6.45) is 0. The first-order valence-corrected chi connectivity index (χ1v) is 8.32. The van der Waals surface area contributed by atoms with E-state index >= 15 is 0 Å². The highest BCUT2D eigenvalue weighted by Crippen LogP contribution is 2.29. The van der Waals surface area contributed by atoms with Gasteiger partial charge in [-0.15, -0.1) is 11.6 Å². The summed E-state index contributed by atoms with van der Waals surface area (Å²) in [6, 6.07) is 9.14. The van der Waals surface area contributed by atoms with Crippen molar-refractivity contribution in [2.45, 2.75) is 12.8 Å². The van der Waals surface area contributed by atoms with Crippen LogP contribution in [0.25, 0.3) is 16.7 Å². The molecule has 0 fully saturated rings. The van der Waals surface area contributed by atoms with Crippen LogP contribution in [0, 0.1) is 12.7 Å². The molecule has 0 N–H and O–H groups in total. The fourth-order valence-corrected chi connectivity index (χ4v) is 3.03. The highest BCUT2D eigenvalue weighted by Gasteiger charge is 2.14. The number of halogens is 4. The Balaban J connectivity index is 2.34. The summed E-state index contributed by atoms with van der Waals surface area (Å²) < 4.78 is 17.1. The Hall–Kier alpha value is -0.910. The Kier molecular flexibility index (Phi) is 4.08. The van der Waals surface area contributed by atoms with Gasteiger partial charge in [0.2, 0.25) is 0 Å². The molecule has 0 atom stereocenters. The summed E-state index contributed by atoms with van der Waals surface area (Å²) in [4.78, 5) is 4.42. The topological polar surface area (TPSA) is 17.8 Å². The summed E-state index contributed by atoms with van der Waals surface area (Å²) in [5, 5.41) is 0. The number of alkyl halides is 1. The Morgan fingerprint density at radius 3 is 2.62 bits per heavy atom. The molecule has 2 nitrogen and oxygen atoms in total. The van der Waals surface area contributed by atoms with Crippen molar-refractivity contribution < 1.29 is 4.39 Å². The molecule has 0 aliphatic rings. The second-order valence-corrected chi connectivity index (χ2v) is 6.66. The van der Waals surface area contributed by atoms with E-state index in [1.54, 1.807) is 6.07 Å². The predicted octanol–water partition coefficient (Wildman–Crippen LogP) is 5.74. The number of nitrogens with zero attached hydrogens (tertiary/aromatic N) is 2. The maximum absolute atomic E-state index is 13.7. The molecular weight excluding hydrogens is 422 g/mol. The van der Waals surface area contributed by atoms with Crippen LogP contribution < -0.4 is 0 Å². The lowest BCUT2D eigenvalue weighted by Gasteiger charge is -2.10. The lowest BCUT2D eigenvalue weighted by molar-refractivity contribution is 0.623. The Bertz CT molecular complexity index is 845. The third-order valence-electron chi connectivity index (χ3n) is 3.29. The van der Waals surface area contributed by atoms with Crippen molar-refractivity contribution in [3.8, 4) is 5.69 Å². The Labute approximate surface area is 143 Å². The average molecular weight is 433 g/mol. The smallest absolute Gasteiger partial charge is 0.139 e. The molecule has 21 heavy (non-hydrogen) atoms. The number of aryl methyl sites for hydroxylation is 1. The van der Waals surface area contributed by atoms with Gasteiger partial charge in [0.05, 0.1) is 21.4 Å². The number of rotatable bonds is 2. The largest absolute Gasteiger partial charge is 0.295 e. The second-order valence-electron chi connectivity index (χ2n) is 4.69. The Morgan fingerprint density at radius 2 is 1.95 bits per heavy atom. The lowest BCUT2D eigenvalue weighted by Crippen LogP contribution is -2.00. The maximum Gasteiger partial charge on any atom is 0.139 e. The van der Waals surface area contributed by atoms with Crippen LogP contribution in [0.2, 0.25) is 0 Å². The third kappa shape index (κ3) is 2.62. The minimum atomic E-state index is -0.333. The van der Waals surface area contributed by atoms with E-state index in [0.29, 0.717) is 15.8 Å². The molecule has 0 radical (unpaired) electrons. The van der Waals surface area contributed by atoms with Crippen molar-refractivity contribution in [1.82, 2.24) is 9.55 Å². The quantitative estimate of drug-likeness (QED) is 0.473. The summed E-state index contributed by atoms with van der Waals surface area (Å²) in [7, 11) is 0. The number of aromatic nitrogens is 2. The molecule has 0 amide bonds. The van der Waals surface area contributed by atoms with Crippen molar-refractivity contribution in [3.05, 3.63) is 56.5 Å². The number of hydrogen-bond donors (Lipinski definition) is 0. The van der Waals surface area contributed by atoms with Crippen molar-refractivity contribution in [1.29, 1.82) is 0 Å². The van der Waals surface area contributed by atoms with Gasteiger partial charge in [0.1, 0.15) is 11.6 Å². The zero-order chi connectivity index (χ0) is 15.1. The molecule has 0 aliphatic carbocycles. The van der Waals surface area contributed by atoms with Gasteiger partial charge in [0.15, 0.2) is 0 Å². The van der Waals surface area contributed by atoms with Crippen LogP contribution in [0.3, 0.4) is 0 Å². The van der Waals surface area contributed by atoms with Crippen LogP contribution in [0.1, 0.15) is 11.4 Å². The molecule has 1 aromatic heterocycles. The van der Waals surface area contributed by atoms with Crippen LogP contribution in [-0.4, -0.2) is 9.55 Å². The van der Waals surface area contributed by atoms with E-state index < -0.39 is 0 Å². The van der Waals surface area contributed by atoms with E-state index in [4.69, 9.17) is 11.6 Å². The first kappa shape index (κ1) is 15.0. The van der Waals surface area contributed by atoms with E-state index in [0.717, 1.165) is 21.2 Å². The van der Waals surface area contributed by atoms with Crippen molar-refractivity contribution in [2.24, 2.45) is 0 Å². The molecule has 2 aromatic carbocycles. The van der Waals surface area contributed by atoms with Crippen molar-refractivity contribution in [2.75, 3.05) is 0 Å². The molecule has 3 rings (SSSR count). The van der Waals surface area contributed by atoms with Crippen LogP contribution in [0.15, 0.2) is 39.3 Å². The maximum atomic E-state index is 13.7. The third-order valence-corrected chi connectivity index (χ3v) is 5.02. The standard InChI is InChI=1S/C15H10Br2ClFN2/c1-8-4-9(2-3-10(8)16)21-14-5-11(17)12(19)6-13(14)20-15(21)7-18/h2-6H,7H2,1H3. The zero-order valence-electron chi connectivity index (χ0n) is 11.0.